The number of aryl methyl sites for hydroxylation is 1. The van der Waals surface area contributed by atoms with Crippen molar-refractivity contribution in [1.29, 1.82) is 0 Å². The quantitative estimate of drug-likeness (QED) is 0.800. The van der Waals surface area contributed by atoms with Gasteiger partial charge < -0.3 is 10.2 Å². The summed E-state index contributed by atoms with van der Waals surface area (Å²) in [4.78, 5) is 2.14. The third kappa shape index (κ3) is 2.86. The number of nitrogens with two attached hydrogens (primary N) is 1. The molecule has 80 valence electrons. The Morgan fingerprint density at radius 1 is 1.43 bits per heavy atom. The summed E-state index contributed by atoms with van der Waals surface area (Å²) in [5.41, 5.74) is 5.81. The molecular formula is C11H20N2O. The van der Waals surface area contributed by atoms with Gasteiger partial charge in [0.25, 0.3) is 0 Å². The van der Waals surface area contributed by atoms with Crippen molar-refractivity contribution in [3.8, 4) is 0 Å². The van der Waals surface area contributed by atoms with Crippen LogP contribution in [0.4, 0.5) is 0 Å². The van der Waals surface area contributed by atoms with Gasteiger partial charge in [0.1, 0.15) is 11.5 Å². The maximum Gasteiger partial charge on any atom is 0.121 e. The van der Waals surface area contributed by atoms with Gasteiger partial charge in [0, 0.05) is 6.04 Å². The van der Waals surface area contributed by atoms with E-state index in [9.17, 15) is 0 Å². The first-order valence-electron chi connectivity index (χ1n) is 4.99. The van der Waals surface area contributed by atoms with E-state index in [0.717, 1.165) is 17.9 Å². The fourth-order valence-corrected chi connectivity index (χ4v) is 1.57. The molecule has 0 aliphatic rings. The molecule has 2 unspecified atom stereocenters. The normalized spacial score (nSPS) is 15.9. The van der Waals surface area contributed by atoms with Crippen LogP contribution in [0.2, 0.25) is 0 Å². The molecule has 3 nitrogen and oxygen atoms in total. The summed E-state index contributed by atoms with van der Waals surface area (Å²) in [5, 5.41) is 0. The van der Waals surface area contributed by atoms with Crippen LogP contribution in [0.1, 0.15) is 30.9 Å². The predicted molar refractivity (Wildman–Crippen MR) is 58.1 cm³/mol. The summed E-state index contributed by atoms with van der Waals surface area (Å²) in [6.07, 6.45) is 0.917. The highest BCUT2D eigenvalue weighted by atomic mass is 16.3. The molecule has 3 heteroatoms. The maximum absolute atomic E-state index is 5.81. The minimum Gasteiger partial charge on any atom is -0.465 e. The van der Waals surface area contributed by atoms with E-state index in [-0.39, 0.29) is 12.1 Å². The Bertz CT molecular complexity index is 279. The van der Waals surface area contributed by atoms with Crippen LogP contribution >= 0.6 is 0 Å². The van der Waals surface area contributed by atoms with Crippen LogP contribution in [0.25, 0.3) is 0 Å². The zero-order chi connectivity index (χ0) is 10.7. The van der Waals surface area contributed by atoms with Crippen LogP contribution in [0.3, 0.4) is 0 Å². The Morgan fingerprint density at radius 3 is 2.43 bits per heavy atom. The smallest absolute Gasteiger partial charge is 0.121 e. The van der Waals surface area contributed by atoms with Crippen molar-refractivity contribution in [2.75, 3.05) is 14.1 Å². The number of furan rings is 1. The fraction of sp³-hybridized carbons (Fsp3) is 0.636. The minimum absolute atomic E-state index is 0.188. The van der Waals surface area contributed by atoms with E-state index < -0.39 is 0 Å². The molecule has 2 atom stereocenters. The third-order valence-electron chi connectivity index (χ3n) is 2.31. The van der Waals surface area contributed by atoms with Gasteiger partial charge in [0.05, 0.1) is 6.04 Å². The third-order valence-corrected chi connectivity index (χ3v) is 2.31. The lowest BCUT2D eigenvalue weighted by Gasteiger charge is -2.23. The summed E-state index contributed by atoms with van der Waals surface area (Å²) in [7, 11) is 4.09. The van der Waals surface area contributed by atoms with Crippen LogP contribution < -0.4 is 5.73 Å². The lowest BCUT2D eigenvalue weighted by Crippen LogP contribution is -2.27. The standard InChI is InChI=1S/C11H20N2O/c1-8(12)7-10(13(3)4)11-6-5-9(2)14-11/h5-6,8,10H,7,12H2,1-4H3. The molecule has 0 aromatic carbocycles. The molecular weight excluding hydrogens is 176 g/mol. The molecule has 2 N–H and O–H groups in total. The molecule has 0 saturated heterocycles. The molecule has 14 heavy (non-hydrogen) atoms. The van der Waals surface area contributed by atoms with E-state index in [1.54, 1.807) is 0 Å². The molecule has 0 fully saturated rings. The van der Waals surface area contributed by atoms with Gasteiger partial charge in [-0.2, -0.15) is 0 Å². The molecule has 1 aromatic heterocycles. The van der Waals surface area contributed by atoms with E-state index in [0.29, 0.717) is 0 Å². The SMILES string of the molecule is Cc1ccc(C(CC(C)N)N(C)C)o1. The van der Waals surface area contributed by atoms with Crippen LogP contribution in [-0.2, 0) is 0 Å². The van der Waals surface area contributed by atoms with Crippen LogP contribution in [0, 0.1) is 6.92 Å². The average molecular weight is 196 g/mol. The molecule has 1 heterocycles. The van der Waals surface area contributed by atoms with Crippen molar-refractivity contribution in [3.63, 3.8) is 0 Å². The molecule has 0 bridgehead atoms. The van der Waals surface area contributed by atoms with Crippen LogP contribution in [0.5, 0.6) is 0 Å². The molecule has 0 amide bonds. The second-order valence-electron chi connectivity index (χ2n) is 4.14. The lowest BCUT2D eigenvalue weighted by atomic mass is 10.1. The molecule has 1 rings (SSSR count). The van der Waals surface area contributed by atoms with Gasteiger partial charge in [-0.25, -0.2) is 0 Å². The monoisotopic (exact) mass is 196 g/mol. The highest BCUT2D eigenvalue weighted by molar-refractivity contribution is 5.10. The molecule has 0 aliphatic heterocycles. The van der Waals surface area contributed by atoms with E-state index in [2.05, 4.69) is 4.90 Å². The Labute approximate surface area is 85.9 Å². The second-order valence-corrected chi connectivity index (χ2v) is 4.14. The number of hydrogen-bond donors (Lipinski definition) is 1. The molecule has 0 saturated carbocycles. The van der Waals surface area contributed by atoms with Crippen molar-refractivity contribution in [2.24, 2.45) is 5.73 Å². The zero-order valence-corrected chi connectivity index (χ0v) is 9.45. The highest BCUT2D eigenvalue weighted by Gasteiger charge is 2.18. The van der Waals surface area contributed by atoms with Gasteiger partial charge in [-0.1, -0.05) is 0 Å². The molecule has 0 spiro atoms. The lowest BCUT2D eigenvalue weighted by molar-refractivity contribution is 0.233. The van der Waals surface area contributed by atoms with E-state index in [1.165, 1.54) is 0 Å². The predicted octanol–water partition coefficient (Wildman–Crippen LogP) is 1.93. The Kier molecular flexibility index (Phi) is 3.72. The molecule has 0 radical (unpaired) electrons. The van der Waals surface area contributed by atoms with Crippen molar-refractivity contribution in [1.82, 2.24) is 4.90 Å². The van der Waals surface area contributed by atoms with Crippen molar-refractivity contribution < 1.29 is 4.42 Å². The average Bonchev–Trinajstić information content (AvgIpc) is 2.46. The Hall–Kier alpha value is -0.800. The first-order chi connectivity index (χ1) is 6.50. The largest absolute Gasteiger partial charge is 0.465 e. The van der Waals surface area contributed by atoms with Crippen molar-refractivity contribution in [3.05, 3.63) is 23.7 Å². The summed E-state index contributed by atoms with van der Waals surface area (Å²) in [5.74, 6) is 1.96. The zero-order valence-electron chi connectivity index (χ0n) is 9.45. The van der Waals surface area contributed by atoms with Crippen LogP contribution in [-0.4, -0.2) is 25.0 Å². The van der Waals surface area contributed by atoms with Crippen LogP contribution in [0.15, 0.2) is 16.5 Å². The van der Waals surface area contributed by atoms with E-state index in [1.807, 2.05) is 40.1 Å². The first kappa shape index (κ1) is 11.3. The summed E-state index contributed by atoms with van der Waals surface area (Å²) in [6, 6.07) is 4.49. The number of nitrogens with zero attached hydrogens (tertiary/aromatic N) is 1. The van der Waals surface area contributed by atoms with E-state index in [4.69, 9.17) is 10.2 Å². The fourth-order valence-electron chi connectivity index (χ4n) is 1.57. The van der Waals surface area contributed by atoms with Gasteiger partial charge in [0.2, 0.25) is 0 Å². The van der Waals surface area contributed by atoms with Gasteiger partial charge >= 0.3 is 0 Å². The molecule has 1 aromatic rings. The van der Waals surface area contributed by atoms with E-state index >= 15 is 0 Å². The summed E-state index contributed by atoms with van der Waals surface area (Å²) in [6.45, 7) is 3.98. The van der Waals surface area contributed by atoms with Gasteiger partial charge in [-0.15, -0.1) is 0 Å². The Morgan fingerprint density at radius 2 is 2.07 bits per heavy atom. The Balaban J connectivity index is 2.77. The second kappa shape index (κ2) is 4.62. The minimum atomic E-state index is 0.188. The van der Waals surface area contributed by atoms with Crippen molar-refractivity contribution in [2.45, 2.75) is 32.4 Å². The highest BCUT2D eigenvalue weighted by Crippen LogP contribution is 2.24. The van der Waals surface area contributed by atoms with Gasteiger partial charge in [-0.3, -0.25) is 4.90 Å². The summed E-state index contributed by atoms with van der Waals surface area (Å²) < 4.78 is 5.61. The molecule has 0 aliphatic carbocycles. The maximum atomic E-state index is 5.81. The summed E-state index contributed by atoms with van der Waals surface area (Å²) >= 11 is 0. The first-order valence-corrected chi connectivity index (χ1v) is 4.99. The number of hydrogen-bond acceptors (Lipinski definition) is 3. The van der Waals surface area contributed by atoms with Gasteiger partial charge in [0.15, 0.2) is 0 Å². The van der Waals surface area contributed by atoms with Gasteiger partial charge in [-0.05, 0) is 46.5 Å². The van der Waals surface area contributed by atoms with Crippen molar-refractivity contribution >= 4 is 0 Å². The number of rotatable bonds is 4. The topological polar surface area (TPSA) is 42.4 Å².